The normalized spacial score (nSPS) is 21.0. The zero-order valence-corrected chi connectivity index (χ0v) is 14.9. The van der Waals surface area contributed by atoms with E-state index in [0.29, 0.717) is 16.5 Å². The molecule has 0 aromatic heterocycles. The molecule has 1 aliphatic carbocycles. The first-order valence-corrected chi connectivity index (χ1v) is 8.41. The minimum Gasteiger partial charge on any atom is -0.467 e. The highest BCUT2D eigenvalue weighted by Gasteiger charge is 2.45. The molecule has 0 aliphatic heterocycles. The van der Waals surface area contributed by atoms with Gasteiger partial charge in [0.25, 0.3) is 0 Å². The fourth-order valence-corrected chi connectivity index (χ4v) is 3.29. The second kappa shape index (κ2) is 7.54. The van der Waals surface area contributed by atoms with Gasteiger partial charge in [0.05, 0.1) is 7.11 Å². The summed E-state index contributed by atoms with van der Waals surface area (Å²) in [7, 11) is 1.33. The molecule has 1 aliphatic rings. The minimum atomic E-state index is -0.600. The Labute approximate surface area is 146 Å². The van der Waals surface area contributed by atoms with Crippen LogP contribution < -0.4 is 5.32 Å². The van der Waals surface area contributed by atoms with Gasteiger partial charge in [0.2, 0.25) is 5.91 Å². The van der Waals surface area contributed by atoms with Crippen molar-refractivity contribution in [2.24, 2.45) is 11.8 Å². The van der Waals surface area contributed by atoms with Crippen molar-refractivity contribution >= 4 is 35.1 Å². The summed E-state index contributed by atoms with van der Waals surface area (Å²) in [6.45, 7) is 3.99. The molecule has 4 nitrogen and oxygen atoms in total. The Morgan fingerprint density at radius 2 is 1.87 bits per heavy atom. The van der Waals surface area contributed by atoms with E-state index in [1.807, 2.05) is 26.0 Å². The van der Waals surface area contributed by atoms with E-state index in [1.165, 1.54) is 7.11 Å². The average molecular weight is 358 g/mol. The molecule has 0 unspecified atom stereocenters. The van der Waals surface area contributed by atoms with Crippen molar-refractivity contribution in [3.63, 3.8) is 0 Å². The van der Waals surface area contributed by atoms with Crippen molar-refractivity contribution in [1.29, 1.82) is 0 Å². The van der Waals surface area contributed by atoms with Gasteiger partial charge in [0.1, 0.15) is 6.04 Å². The van der Waals surface area contributed by atoms with E-state index in [1.54, 1.807) is 6.07 Å². The van der Waals surface area contributed by atoms with E-state index >= 15 is 0 Å². The van der Waals surface area contributed by atoms with Crippen LogP contribution in [0.5, 0.6) is 0 Å². The molecule has 1 aromatic rings. The molecule has 0 bridgehead atoms. The van der Waals surface area contributed by atoms with Gasteiger partial charge in [-0.05, 0) is 48.4 Å². The van der Waals surface area contributed by atoms with Gasteiger partial charge < -0.3 is 10.1 Å². The lowest BCUT2D eigenvalue weighted by molar-refractivity contribution is -0.145. The Bertz CT molecular complexity index is 583. The van der Waals surface area contributed by atoms with Crippen molar-refractivity contribution in [2.75, 3.05) is 7.11 Å². The monoisotopic (exact) mass is 357 g/mol. The van der Waals surface area contributed by atoms with Crippen LogP contribution in [0.3, 0.4) is 0 Å². The molecule has 0 spiro atoms. The van der Waals surface area contributed by atoms with E-state index in [2.05, 4.69) is 5.32 Å². The Balaban J connectivity index is 2.00. The maximum absolute atomic E-state index is 12.4. The number of nitrogens with one attached hydrogen (secondary N) is 1. The number of halogens is 2. The van der Waals surface area contributed by atoms with Crippen molar-refractivity contribution in [2.45, 2.75) is 38.6 Å². The second-order valence-electron chi connectivity index (χ2n) is 6.37. The van der Waals surface area contributed by atoms with E-state index in [-0.39, 0.29) is 23.7 Å². The number of hydrogen-bond donors (Lipinski definition) is 1. The van der Waals surface area contributed by atoms with Crippen LogP contribution >= 0.6 is 23.2 Å². The third-order valence-electron chi connectivity index (χ3n) is 3.95. The topological polar surface area (TPSA) is 55.4 Å². The first kappa shape index (κ1) is 18.1. The number of benzene rings is 1. The summed E-state index contributed by atoms with van der Waals surface area (Å²) in [4.78, 5) is 24.2. The molecule has 1 saturated carbocycles. The van der Waals surface area contributed by atoms with Crippen LogP contribution in [-0.4, -0.2) is 25.0 Å². The van der Waals surface area contributed by atoms with Crippen LogP contribution in [0.2, 0.25) is 10.0 Å². The van der Waals surface area contributed by atoms with Crippen molar-refractivity contribution in [1.82, 2.24) is 5.32 Å². The standard InChI is InChI=1S/C17H21Cl2NO3/c1-9(2)4-15(17(22)23-3)20-16(21)14-8-13(14)10-5-11(18)7-12(19)6-10/h5-7,9,13-15H,4,8H2,1-3H3,(H,20,21)/t13-,14-,15+/m1/s1. The minimum absolute atomic E-state index is 0.101. The quantitative estimate of drug-likeness (QED) is 0.787. The number of methoxy groups -OCH3 is 1. The molecule has 6 heteroatoms. The first-order valence-electron chi connectivity index (χ1n) is 7.66. The number of carbonyl (C=O) groups excluding carboxylic acids is 2. The van der Waals surface area contributed by atoms with Crippen LogP contribution in [-0.2, 0) is 14.3 Å². The van der Waals surface area contributed by atoms with Gasteiger partial charge in [0, 0.05) is 16.0 Å². The van der Waals surface area contributed by atoms with Crippen LogP contribution in [0.15, 0.2) is 18.2 Å². The average Bonchev–Trinajstić information content (AvgIpc) is 3.24. The lowest BCUT2D eigenvalue weighted by Crippen LogP contribution is -2.43. The van der Waals surface area contributed by atoms with Gasteiger partial charge in [-0.3, -0.25) is 4.79 Å². The summed E-state index contributed by atoms with van der Waals surface area (Å²) < 4.78 is 4.77. The predicted octanol–water partition coefficient (Wildman–Crippen LogP) is 3.80. The molecule has 2 rings (SSSR count). The second-order valence-corrected chi connectivity index (χ2v) is 7.24. The van der Waals surface area contributed by atoms with Gasteiger partial charge in [-0.2, -0.15) is 0 Å². The summed E-state index contributed by atoms with van der Waals surface area (Å²) in [5.74, 6) is -0.300. The van der Waals surface area contributed by atoms with E-state index in [9.17, 15) is 9.59 Å². The smallest absolute Gasteiger partial charge is 0.328 e. The Morgan fingerprint density at radius 3 is 2.39 bits per heavy atom. The van der Waals surface area contributed by atoms with E-state index in [0.717, 1.165) is 12.0 Å². The number of carbonyl (C=O) groups is 2. The Morgan fingerprint density at radius 1 is 1.26 bits per heavy atom. The van der Waals surface area contributed by atoms with Crippen LogP contribution in [0.4, 0.5) is 0 Å². The highest BCUT2D eigenvalue weighted by atomic mass is 35.5. The molecular weight excluding hydrogens is 337 g/mol. The molecule has 1 amide bonds. The summed E-state index contributed by atoms with van der Waals surface area (Å²) in [6, 6.07) is 4.73. The van der Waals surface area contributed by atoms with Gasteiger partial charge in [-0.1, -0.05) is 37.0 Å². The van der Waals surface area contributed by atoms with Crippen molar-refractivity contribution in [3.8, 4) is 0 Å². The molecular formula is C17H21Cl2NO3. The maximum Gasteiger partial charge on any atom is 0.328 e. The molecule has 3 atom stereocenters. The fourth-order valence-electron chi connectivity index (χ4n) is 2.75. The third kappa shape index (κ3) is 4.85. The van der Waals surface area contributed by atoms with E-state index in [4.69, 9.17) is 27.9 Å². The van der Waals surface area contributed by atoms with Crippen LogP contribution in [0.1, 0.15) is 38.2 Å². The molecule has 1 N–H and O–H groups in total. The van der Waals surface area contributed by atoms with Crippen molar-refractivity contribution < 1.29 is 14.3 Å². The van der Waals surface area contributed by atoms with E-state index < -0.39 is 12.0 Å². The highest BCUT2D eigenvalue weighted by Crippen LogP contribution is 2.48. The highest BCUT2D eigenvalue weighted by molar-refractivity contribution is 6.34. The summed E-state index contributed by atoms with van der Waals surface area (Å²) in [6.07, 6.45) is 1.29. The lowest BCUT2D eigenvalue weighted by Gasteiger charge is -2.18. The number of hydrogen-bond acceptors (Lipinski definition) is 3. The van der Waals surface area contributed by atoms with Crippen LogP contribution in [0, 0.1) is 11.8 Å². The fraction of sp³-hybridized carbons (Fsp3) is 0.529. The molecule has 0 saturated heterocycles. The maximum atomic E-state index is 12.4. The number of ether oxygens (including phenoxy) is 1. The van der Waals surface area contributed by atoms with Crippen molar-refractivity contribution in [3.05, 3.63) is 33.8 Å². The number of rotatable bonds is 6. The molecule has 1 fully saturated rings. The van der Waals surface area contributed by atoms with Crippen LogP contribution in [0.25, 0.3) is 0 Å². The van der Waals surface area contributed by atoms with Gasteiger partial charge in [-0.25, -0.2) is 4.79 Å². The summed E-state index contributed by atoms with van der Waals surface area (Å²) in [5.41, 5.74) is 0.959. The van der Waals surface area contributed by atoms with Gasteiger partial charge >= 0.3 is 5.97 Å². The molecule has 1 aromatic carbocycles. The Kier molecular flexibility index (Phi) is 5.93. The Hall–Kier alpha value is -1.26. The SMILES string of the molecule is COC(=O)[C@H](CC(C)C)NC(=O)[C@@H]1C[C@@H]1c1cc(Cl)cc(Cl)c1. The number of amides is 1. The van der Waals surface area contributed by atoms with Gasteiger partial charge in [0.15, 0.2) is 0 Å². The molecule has 23 heavy (non-hydrogen) atoms. The molecule has 0 heterocycles. The zero-order chi connectivity index (χ0) is 17.1. The molecule has 0 radical (unpaired) electrons. The molecule has 126 valence electrons. The zero-order valence-electron chi connectivity index (χ0n) is 13.4. The lowest BCUT2D eigenvalue weighted by atomic mass is 10.0. The number of esters is 1. The van der Waals surface area contributed by atoms with Gasteiger partial charge in [-0.15, -0.1) is 0 Å². The largest absolute Gasteiger partial charge is 0.467 e. The predicted molar refractivity (Wildman–Crippen MR) is 90.7 cm³/mol. The summed E-state index contributed by atoms with van der Waals surface area (Å²) >= 11 is 12.0. The first-order chi connectivity index (χ1) is 10.8. The summed E-state index contributed by atoms with van der Waals surface area (Å²) in [5, 5.41) is 3.93. The third-order valence-corrected chi connectivity index (χ3v) is 4.39.